The van der Waals surface area contributed by atoms with Crippen LogP contribution in [0.4, 0.5) is 11.4 Å². The van der Waals surface area contributed by atoms with Gasteiger partial charge in [-0.1, -0.05) is 0 Å². The van der Waals surface area contributed by atoms with Crippen LogP contribution in [0.2, 0.25) is 0 Å². The number of esters is 1. The Balaban J connectivity index is 2.03. The fraction of sp³-hybridized carbons (Fsp3) is 0.294. The van der Waals surface area contributed by atoms with Crippen molar-refractivity contribution in [1.29, 1.82) is 0 Å². The molecule has 1 aromatic carbocycles. The van der Waals surface area contributed by atoms with Crippen molar-refractivity contribution in [3.63, 3.8) is 0 Å². The van der Waals surface area contributed by atoms with Crippen LogP contribution in [0.3, 0.4) is 0 Å². The zero-order valence-corrected chi connectivity index (χ0v) is 14.6. The number of anilines is 2. The first-order valence-corrected chi connectivity index (χ1v) is 7.51. The number of aromatic nitrogens is 1. The highest BCUT2D eigenvalue weighted by molar-refractivity contribution is 5.97. The van der Waals surface area contributed by atoms with Gasteiger partial charge in [0.25, 0.3) is 0 Å². The SMILES string of the molecule is COC(=O)c1[nH]c(C)cc1NCC(=O)Nc1cc(OC)cc(OC)c1. The van der Waals surface area contributed by atoms with Crippen molar-refractivity contribution in [2.75, 3.05) is 38.5 Å². The van der Waals surface area contributed by atoms with E-state index in [2.05, 4.69) is 15.6 Å². The standard InChI is InChI=1S/C17H21N3O5/c1-10-5-14(16(19-10)17(22)25-4)18-9-15(21)20-11-6-12(23-2)8-13(7-11)24-3/h5-8,18-19H,9H2,1-4H3,(H,20,21). The Morgan fingerprint density at radius 2 is 1.68 bits per heavy atom. The largest absolute Gasteiger partial charge is 0.497 e. The highest BCUT2D eigenvalue weighted by atomic mass is 16.5. The summed E-state index contributed by atoms with van der Waals surface area (Å²) in [7, 11) is 4.36. The predicted octanol–water partition coefficient (Wildman–Crippen LogP) is 2.18. The zero-order valence-electron chi connectivity index (χ0n) is 14.6. The van der Waals surface area contributed by atoms with Gasteiger partial charge in [-0.15, -0.1) is 0 Å². The van der Waals surface area contributed by atoms with E-state index >= 15 is 0 Å². The van der Waals surface area contributed by atoms with Crippen LogP contribution in [0.1, 0.15) is 16.2 Å². The summed E-state index contributed by atoms with van der Waals surface area (Å²) in [6.45, 7) is 1.78. The van der Waals surface area contributed by atoms with Crippen LogP contribution in [0.15, 0.2) is 24.3 Å². The number of aryl methyl sites for hydroxylation is 1. The molecule has 0 spiro atoms. The molecule has 0 aliphatic rings. The number of hydrogen-bond donors (Lipinski definition) is 3. The smallest absolute Gasteiger partial charge is 0.356 e. The van der Waals surface area contributed by atoms with Gasteiger partial charge in [0, 0.05) is 29.6 Å². The highest BCUT2D eigenvalue weighted by Crippen LogP contribution is 2.25. The molecular weight excluding hydrogens is 326 g/mol. The maximum atomic E-state index is 12.2. The van der Waals surface area contributed by atoms with Gasteiger partial charge in [-0.2, -0.15) is 0 Å². The van der Waals surface area contributed by atoms with Crippen LogP contribution in [-0.4, -0.2) is 44.7 Å². The van der Waals surface area contributed by atoms with Crippen LogP contribution < -0.4 is 20.1 Å². The molecule has 0 fully saturated rings. The van der Waals surface area contributed by atoms with Crippen molar-refractivity contribution in [2.45, 2.75) is 6.92 Å². The molecule has 2 rings (SSSR count). The third-order valence-corrected chi connectivity index (χ3v) is 3.42. The molecule has 0 aliphatic carbocycles. The summed E-state index contributed by atoms with van der Waals surface area (Å²) in [5, 5.41) is 5.66. The Kier molecular flexibility index (Phi) is 5.89. The molecule has 2 aromatic rings. The van der Waals surface area contributed by atoms with Crippen LogP contribution >= 0.6 is 0 Å². The van der Waals surface area contributed by atoms with E-state index in [4.69, 9.17) is 14.2 Å². The van der Waals surface area contributed by atoms with Crippen molar-refractivity contribution in [3.05, 3.63) is 35.7 Å². The molecule has 25 heavy (non-hydrogen) atoms. The Bertz CT molecular complexity index is 747. The summed E-state index contributed by atoms with van der Waals surface area (Å²) < 4.78 is 15.0. The number of ether oxygens (including phenoxy) is 3. The molecular formula is C17H21N3O5. The monoisotopic (exact) mass is 347 g/mol. The Morgan fingerprint density at radius 1 is 1.04 bits per heavy atom. The lowest BCUT2D eigenvalue weighted by atomic mass is 10.2. The second-order valence-electron chi connectivity index (χ2n) is 5.24. The first kappa shape index (κ1) is 18.2. The van der Waals surface area contributed by atoms with Gasteiger partial charge in [0.05, 0.1) is 33.6 Å². The topological polar surface area (TPSA) is 102 Å². The van der Waals surface area contributed by atoms with Gasteiger partial charge in [0.1, 0.15) is 17.2 Å². The van der Waals surface area contributed by atoms with Gasteiger partial charge in [-0.25, -0.2) is 4.79 Å². The zero-order chi connectivity index (χ0) is 18.4. The Hall–Kier alpha value is -3.16. The summed E-state index contributed by atoms with van der Waals surface area (Å²) >= 11 is 0. The average Bonchev–Trinajstić information content (AvgIpc) is 2.99. The molecule has 0 radical (unpaired) electrons. The molecule has 8 heteroatoms. The van der Waals surface area contributed by atoms with Crippen LogP contribution in [0, 0.1) is 6.92 Å². The number of methoxy groups -OCH3 is 3. The number of amides is 1. The molecule has 0 unspecified atom stereocenters. The van der Waals surface area contributed by atoms with E-state index in [1.165, 1.54) is 21.3 Å². The van der Waals surface area contributed by atoms with E-state index < -0.39 is 5.97 Å². The predicted molar refractivity (Wildman–Crippen MR) is 93.5 cm³/mol. The van der Waals surface area contributed by atoms with E-state index in [1.54, 1.807) is 31.2 Å². The molecule has 1 amide bonds. The number of aromatic amines is 1. The van der Waals surface area contributed by atoms with Crippen LogP contribution in [0.5, 0.6) is 11.5 Å². The number of nitrogens with one attached hydrogen (secondary N) is 3. The van der Waals surface area contributed by atoms with Gasteiger partial charge in [-0.3, -0.25) is 4.79 Å². The van der Waals surface area contributed by atoms with Crippen molar-refractivity contribution < 1.29 is 23.8 Å². The highest BCUT2D eigenvalue weighted by Gasteiger charge is 2.15. The number of H-pyrrole nitrogens is 1. The molecule has 0 saturated heterocycles. The van der Waals surface area contributed by atoms with Crippen molar-refractivity contribution in [2.24, 2.45) is 0 Å². The maximum absolute atomic E-state index is 12.2. The number of carbonyl (C=O) groups excluding carboxylic acids is 2. The van der Waals surface area contributed by atoms with E-state index in [9.17, 15) is 9.59 Å². The minimum absolute atomic E-state index is 0.0270. The van der Waals surface area contributed by atoms with Gasteiger partial charge < -0.3 is 29.8 Å². The van der Waals surface area contributed by atoms with E-state index in [0.29, 0.717) is 22.9 Å². The summed E-state index contributed by atoms with van der Waals surface area (Å²) in [6.07, 6.45) is 0. The molecule has 8 nitrogen and oxygen atoms in total. The normalized spacial score (nSPS) is 10.1. The van der Waals surface area contributed by atoms with Crippen molar-refractivity contribution in [1.82, 2.24) is 4.98 Å². The maximum Gasteiger partial charge on any atom is 0.356 e. The minimum Gasteiger partial charge on any atom is -0.497 e. The molecule has 134 valence electrons. The lowest BCUT2D eigenvalue weighted by Gasteiger charge is -2.11. The first-order chi connectivity index (χ1) is 12.0. The number of rotatable bonds is 7. The second-order valence-corrected chi connectivity index (χ2v) is 5.24. The van der Waals surface area contributed by atoms with Crippen molar-refractivity contribution >= 4 is 23.3 Å². The second kappa shape index (κ2) is 8.09. The molecule has 0 saturated carbocycles. The lowest BCUT2D eigenvalue weighted by Crippen LogP contribution is -2.22. The summed E-state index contributed by atoms with van der Waals surface area (Å²) in [5.41, 5.74) is 2.10. The van der Waals surface area contributed by atoms with Gasteiger partial charge in [0.15, 0.2) is 0 Å². The quantitative estimate of drug-likeness (QED) is 0.664. The Morgan fingerprint density at radius 3 is 2.24 bits per heavy atom. The first-order valence-electron chi connectivity index (χ1n) is 7.51. The summed E-state index contributed by atoms with van der Waals surface area (Å²) in [6, 6.07) is 6.80. The minimum atomic E-state index is -0.506. The molecule has 1 heterocycles. The third kappa shape index (κ3) is 4.66. The fourth-order valence-electron chi connectivity index (χ4n) is 2.25. The van der Waals surface area contributed by atoms with E-state index in [1.807, 2.05) is 0 Å². The van der Waals surface area contributed by atoms with Gasteiger partial charge in [0.2, 0.25) is 5.91 Å². The van der Waals surface area contributed by atoms with E-state index in [-0.39, 0.29) is 18.1 Å². The molecule has 0 bridgehead atoms. The van der Waals surface area contributed by atoms with Crippen LogP contribution in [0.25, 0.3) is 0 Å². The number of benzene rings is 1. The van der Waals surface area contributed by atoms with Gasteiger partial charge >= 0.3 is 5.97 Å². The Labute approximate surface area is 145 Å². The fourth-order valence-corrected chi connectivity index (χ4v) is 2.25. The molecule has 3 N–H and O–H groups in total. The lowest BCUT2D eigenvalue weighted by molar-refractivity contribution is -0.114. The third-order valence-electron chi connectivity index (χ3n) is 3.42. The van der Waals surface area contributed by atoms with Crippen LogP contribution in [-0.2, 0) is 9.53 Å². The molecule has 1 aromatic heterocycles. The number of hydrogen-bond acceptors (Lipinski definition) is 6. The molecule has 0 aliphatic heterocycles. The summed E-state index contributed by atoms with van der Waals surface area (Å²) in [4.78, 5) is 26.8. The summed E-state index contributed by atoms with van der Waals surface area (Å²) in [5.74, 6) is 0.340. The van der Waals surface area contributed by atoms with Crippen molar-refractivity contribution in [3.8, 4) is 11.5 Å². The number of carbonyl (C=O) groups is 2. The van der Waals surface area contributed by atoms with E-state index in [0.717, 1.165) is 5.69 Å². The van der Waals surface area contributed by atoms with Gasteiger partial charge in [-0.05, 0) is 13.0 Å². The molecule has 0 atom stereocenters. The average molecular weight is 347 g/mol.